The van der Waals surface area contributed by atoms with Crippen LogP contribution in [0, 0.1) is 0 Å². The molecule has 1 aliphatic heterocycles. The number of rotatable bonds is 9. The SMILES string of the molecule is CCn1cc(S(=O)(=O)N2C[C@H](CNS(=O)(=O)NC)Oc3ccc(NC(=O)OC(C)(C)C(F)(F)F)cc32)c(Cl)n1. The molecule has 19 heteroatoms. The molecule has 3 N–H and O–H groups in total. The summed E-state index contributed by atoms with van der Waals surface area (Å²) < 4.78 is 107. The molecule has 0 spiro atoms. The number of nitrogens with zero attached hydrogens (tertiary/aromatic N) is 3. The number of anilines is 2. The summed E-state index contributed by atoms with van der Waals surface area (Å²) in [7, 11) is -7.13. The molecule has 2 heterocycles. The van der Waals surface area contributed by atoms with Gasteiger partial charge in [-0.1, -0.05) is 11.6 Å². The van der Waals surface area contributed by atoms with Gasteiger partial charge in [-0.15, -0.1) is 0 Å². The first kappa shape index (κ1) is 30.7. The Labute approximate surface area is 227 Å². The first-order valence-electron chi connectivity index (χ1n) is 11.2. The summed E-state index contributed by atoms with van der Waals surface area (Å²) >= 11 is 6.09. The summed E-state index contributed by atoms with van der Waals surface area (Å²) in [5.41, 5.74) is -3.01. The number of carbonyl (C=O) groups is 1. The van der Waals surface area contributed by atoms with Crippen LogP contribution in [0.15, 0.2) is 29.3 Å². The molecule has 0 fully saturated rings. The maximum atomic E-state index is 13.7. The number of alkyl halides is 3. The van der Waals surface area contributed by atoms with Crippen molar-refractivity contribution in [3.8, 4) is 5.75 Å². The quantitative estimate of drug-likeness (QED) is 0.386. The summed E-state index contributed by atoms with van der Waals surface area (Å²) in [5.74, 6) is -0.0213. The van der Waals surface area contributed by atoms with Crippen molar-refractivity contribution in [3.05, 3.63) is 29.5 Å². The van der Waals surface area contributed by atoms with Crippen molar-refractivity contribution >= 4 is 49.3 Å². The molecular weight excluding hydrogens is 593 g/mol. The number of aryl methyl sites for hydroxylation is 1. The van der Waals surface area contributed by atoms with Gasteiger partial charge in [-0.05, 0) is 39.0 Å². The zero-order valence-electron chi connectivity index (χ0n) is 21.0. The summed E-state index contributed by atoms with van der Waals surface area (Å²) in [5, 5.41) is 5.76. The van der Waals surface area contributed by atoms with Gasteiger partial charge in [-0.3, -0.25) is 14.3 Å². The van der Waals surface area contributed by atoms with Gasteiger partial charge in [0.25, 0.3) is 20.2 Å². The van der Waals surface area contributed by atoms with Crippen LogP contribution in [0.2, 0.25) is 5.15 Å². The molecule has 1 aromatic heterocycles. The fourth-order valence-corrected chi connectivity index (χ4v) is 5.76. The topological polar surface area (TPSA) is 161 Å². The number of halogens is 4. The van der Waals surface area contributed by atoms with Crippen molar-refractivity contribution in [3.63, 3.8) is 0 Å². The number of carbonyl (C=O) groups excluding carboxylic acids is 1. The van der Waals surface area contributed by atoms with Gasteiger partial charge < -0.3 is 9.47 Å². The van der Waals surface area contributed by atoms with E-state index in [-0.39, 0.29) is 33.7 Å². The van der Waals surface area contributed by atoms with Gasteiger partial charge in [0.05, 0.1) is 18.8 Å². The van der Waals surface area contributed by atoms with Crippen molar-refractivity contribution in [1.29, 1.82) is 0 Å². The first-order valence-corrected chi connectivity index (χ1v) is 14.5. The van der Waals surface area contributed by atoms with Gasteiger partial charge in [-0.25, -0.2) is 17.9 Å². The average molecular weight is 619 g/mol. The summed E-state index contributed by atoms with van der Waals surface area (Å²) in [6.07, 6.45) is -6.07. The molecule has 1 aliphatic rings. The van der Waals surface area contributed by atoms with Crippen molar-refractivity contribution < 1.29 is 44.3 Å². The minimum absolute atomic E-state index is 0.0213. The molecule has 1 atom stereocenters. The zero-order chi connectivity index (χ0) is 29.4. The third-order valence-electron chi connectivity index (χ3n) is 5.52. The van der Waals surface area contributed by atoms with Crippen LogP contribution in [0.3, 0.4) is 0 Å². The average Bonchev–Trinajstić information content (AvgIpc) is 3.22. The van der Waals surface area contributed by atoms with E-state index in [0.717, 1.165) is 10.4 Å². The molecule has 218 valence electrons. The molecule has 2 aromatic rings. The molecule has 3 rings (SSSR count). The van der Waals surface area contributed by atoms with Gasteiger partial charge in [-0.2, -0.15) is 31.4 Å². The minimum Gasteiger partial charge on any atom is -0.485 e. The predicted octanol–water partition coefficient (Wildman–Crippen LogP) is 2.46. The van der Waals surface area contributed by atoms with E-state index in [1.165, 1.54) is 30.1 Å². The van der Waals surface area contributed by atoms with Gasteiger partial charge >= 0.3 is 12.3 Å². The lowest BCUT2D eigenvalue weighted by Gasteiger charge is -2.35. The standard InChI is InChI=1S/C20H26ClF3N6O7S2/c1-5-29-11-16(17(21)28-29)38(32,33)30-10-13(9-26-39(34,35)25-4)36-15-7-6-12(8-14(15)30)27-18(31)37-19(2,3)20(22,23)24/h6-8,11,13,25-26H,5,9-10H2,1-4H3,(H,27,31)/t13-/m0/s1. The molecule has 1 amide bonds. The largest absolute Gasteiger partial charge is 0.485 e. The van der Waals surface area contributed by atoms with E-state index in [2.05, 4.69) is 24.6 Å². The van der Waals surface area contributed by atoms with Crippen molar-refractivity contribution in [2.75, 3.05) is 29.8 Å². The Bertz CT molecular complexity index is 1450. The molecule has 0 bridgehead atoms. The second kappa shape index (κ2) is 11.0. The lowest BCUT2D eigenvalue weighted by molar-refractivity contribution is -0.242. The van der Waals surface area contributed by atoms with Crippen LogP contribution in [0.25, 0.3) is 0 Å². The predicted molar refractivity (Wildman–Crippen MR) is 135 cm³/mol. The molecule has 0 aliphatic carbocycles. The molecule has 0 saturated carbocycles. The van der Waals surface area contributed by atoms with Crippen molar-refractivity contribution in [2.45, 2.75) is 50.1 Å². The Morgan fingerprint density at radius 2 is 1.92 bits per heavy atom. The number of fused-ring (bicyclic) bond motifs is 1. The van der Waals surface area contributed by atoms with E-state index in [9.17, 15) is 34.8 Å². The third-order valence-corrected chi connectivity index (χ3v) is 8.77. The highest BCUT2D eigenvalue weighted by Crippen LogP contribution is 2.40. The summed E-state index contributed by atoms with van der Waals surface area (Å²) in [4.78, 5) is 11.8. The smallest absolute Gasteiger partial charge is 0.427 e. The van der Waals surface area contributed by atoms with Crippen molar-refractivity contribution in [1.82, 2.24) is 19.2 Å². The van der Waals surface area contributed by atoms with Gasteiger partial charge in [0.15, 0.2) is 5.15 Å². The second-order valence-electron chi connectivity index (χ2n) is 8.68. The lowest BCUT2D eigenvalue weighted by Crippen LogP contribution is -2.49. The Morgan fingerprint density at radius 3 is 2.49 bits per heavy atom. The van der Waals surface area contributed by atoms with Crippen LogP contribution >= 0.6 is 11.6 Å². The number of hydrogen-bond acceptors (Lipinski definition) is 8. The van der Waals surface area contributed by atoms with Crippen LogP contribution < -0.4 is 23.8 Å². The van der Waals surface area contributed by atoms with Gasteiger partial charge in [0.2, 0.25) is 5.60 Å². The maximum absolute atomic E-state index is 13.7. The number of benzene rings is 1. The van der Waals surface area contributed by atoms with Gasteiger partial charge in [0.1, 0.15) is 16.7 Å². The minimum atomic E-state index is -4.84. The van der Waals surface area contributed by atoms with E-state index in [4.69, 9.17) is 16.3 Å². The van der Waals surface area contributed by atoms with Crippen LogP contribution in [0.4, 0.5) is 29.3 Å². The van der Waals surface area contributed by atoms with E-state index in [0.29, 0.717) is 20.4 Å². The third kappa shape index (κ3) is 6.86. The number of amides is 1. The fraction of sp³-hybridized carbons (Fsp3) is 0.500. The number of aromatic nitrogens is 2. The number of nitrogens with one attached hydrogen (secondary N) is 3. The van der Waals surface area contributed by atoms with E-state index < -0.39 is 50.8 Å². The van der Waals surface area contributed by atoms with E-state index >= 15 is 0 Å². The molecule has 1 aromatic carbocycles. The van der Waals surface area contributed by atoms with Crippen LogP contribution in [0.1, 0.15) is 20.8 Å². The number of sulfonamides is 1. The Morgan fingerprint density at radius 1 is 1.26 bits per heavy atom. The second-order valence-corrected chi connectivity index (χ2v) is 12.6. The zero-order valence-corrected chi connectivity index (χ0v) is 23.4. The van der Waals surface area contributed by atoms with Crippen LogP contribution in [0.5, 0.6) is 5.75 Å². The normalized spacial score (nSPS) is 16.4. The highest BCUT2D eigenvalue weighted by atomic mass is 35.5. The van der Waals surface area contributed by atoms with E-state index in [1.807, 2.05) is 0 Å². The van der Waals surface area contributed by atoms with Crippen LogP contribution in [-0.2, 0) is 31.5 Å². The molecule has 0 radical (unpaired) electrons. The van der Waals surface area contributed by atoms with E-state index in [1.54, 1.807) is 6.92 Å². The summed E-state index contributed by atoms with van der Waals surface area (Å²) in [6.45, 7) is 2.65. The fourth-order valence-electron chi connectivity index (χ4n) is 3.26. The van der Waals surface area contributed by atoms with Crippen molar-refractivity contribution in [2.24, 2.45) is 0 Å². The monoisotopic (exact) mass is 618 g/mol. The lowest BCUT2D eigenvalue weighted by atomic mass is 10.1. The molecule has 13 nitrogen and oxygen atoms in total. The highest BCUT2D eigenvalue weighted by Gasteiger charge is 2.51. The Balaban J connectivity index is 1.99. The van der Waals surface area contributed by atoms with Crippen LogP contribution in [-0.4, -0.2) is 70.7 Å². The molecular formula is C20H26ClF3N6O7S2. The number of hydrogen-bond donors (Lipinski definition) is 3. The Kier molecular flexibility index (Phi) is 8.66. The highest BCUT2D eigenvalue weighted by molar-refractivity contribution is 7.93. The molecule has 0 saturated heterocycles. The Hall–Kier alpha value is -2.80. The number of ether oxygens (including phenoxy) is 2. The van der Waals surface area contributed by atoms with Gasteiger partial charge in [0, 0.05) is 25.5 Å². The maximum Gasteiger partial charge on any atom is 0.427 e. The first-order chi connectivity index (χ1) is 17.9. The molecule has 39 heavy (non-hydrogen) atoms. The molecule has 0 unspecified atom stereocenters. The summed E-state index contributed by atoms with van der Waals surface area (Å²) in [6, 6.07) is 3.66.